The normalized spacial score (nSPS) is 30.7. The van der Waals surface area contributed by atoms with Gasteiger partial charge in [-0.2, -0.15) is 0 Å². The van der Waals surface area contributed by atoms with Gasteiger partial charge in [0.25, 0.3) is 6.29 Å². The Morgan fingerprint density at radius 1 is 1.18 bits per heavy atom. The molecule has 0 amide bonds. The molecule has 0 N–H and O–H groups in total. The van der Waals surface area contributed by atoms with Crippen molar-refractivity contribution < 1.29 is 23.8 Å². The summed E-state index contributed by atoms with van der Waals surface area (Å²) >= 11 is 0. The van der Waals surface area contributed by atoms with Crippen molar-refractivity contribution in [1.29, 1.82) is 0 Å². The highest BCUT2D eigenvalue weighted by Crippen LogP contribution is 2.47. The zero-order valence-electron chi connectivity index (χ0n) is 11.9. The zero-order valence-corrected chi connectivity index (χ0v) is 11.9. The predicted octanol–water partition coefficient (Wildman–Crippen LogP) is 2.19. The van der Waals surface area contributed by atoms with E-state index in [-0.39, 0.29) is 18.0 Å². The van der Waals surface area contributed by atoms with Gasteiger partial charge in [0.1, 0.15) is 6.10 Å². The molecule has 0 unspecified atom stereocenters. The van der Waals surface area contributed by atoms with Crippen molar-refractivity contribution >= 4 is 11.9 Å². The van der Waals surface area contributed by atoms with Crippen LogP contribution in [0.25, 0.3) is 0 Å². The SMILES string of the molecule is CC1=C[C@H](O/C=C2/C(=O)O[C@H]3c4ccccc4C[C@@H]23)OC1=O. The second kappa shape index (κ2) is 4.73. The van der Waals surface area contributed by atoms with Crippen molar-refractivity contribution in [3.8, 4) is 0 Å². The van der Waals surface area contributed by atoms with Crippen LogP contribution in [0.15, 0.2) is 47.7 Å². The van der Waals surface area contributed by atoms with Crippen molar-refractivity contribution in [3.63, 3.8) is 0 Å². The monoisotopic (exact) mass is 298 g/mol. The van der Waals surface area contributed by atoms with Crippen molar-refractivity contribution in [2.24, 2.45) is 5.92 Å². The van der Waals surface area contributed by atoms with E-state index in [2.05, 4.69) is 0 Å². The second-order valence-electron chi connectivity index (χ2n) is 5.67. The minimum atomic E-state index is -0.768. The fourth-order valence-corrected chi connectivity index (χ4v) is 3.16. The van der Waals surface area contributed by atoms with E-state index in [0.717, 1.165) is 12.0 Å². The summed E-state index contributed by atoms with van der Waals surface area (Å²) in [6, 6.07) is 7.96. The summed E-state index contributed by atoms with van der Waals surface area (Å²) in [6.07, 6.45) is 2.71. The molecule has 1 aromatic carbocycles. The van der Waals surface area contributed by atoms with Gasteiger partial charge in [0.2, 0.25) is 0 Å². The maximum Gasteiger partial charge on any atom is 0.338 e. The fourth-order valence-electron chi connectivity index (χ4n) is 3.16. The largest absolute Gasteiger partial charge is 0.458 e. The molecule has 0 radical (unpaired) electrons. The van der Waals surface area contributed by atoms with Gasteiger partial charge in [0.05, 0.1) is 11.8 Å². The van der Waals surface area contributed by atoms with Gasteiger partial charge < -0.3 is 14.2 Å². The molecule has 1 fully saturated rings. The molecule has 1 saturated heterocycles. The lowest BCUT2D eigenvalue weighted by Gasteiger charge is -2.09. The van der Waals surface area contributed by atoms with E-state index in [4.69, 9.17) is 14.2 Å². The number of benzene rings is 1. The van der Waals surface area contributed by atoms with Crippen molar-refractivity contribution in [2.75, 3.05) is 0 Å². The van der Waals surface area contributed by atoms with E-state index in [9.17, 15) is 9.59 Å². The third-order valence-corrected chi connectivity index (χ3v) is 4.30. The molecule has 5 nitrogen and oxygen atoms in total. The topological polar surface area (TPSA) is 61.8 Å². The quantitative estimate of drug-likeness (QED) is 0.476. The van der Waals surface area contributed by atoms with E-state index in [1.807, 2.05) is 24.3 Å². The molecule has 5 heteroatoms. The second-order valence-corrected chi connectivity index (χ2v) is 5.67. The summed E-state index contributed by atoms with van der Waals surface area (Å²) < 4.78 is 15.9. The average Bonchev–Trinajstić information content (AvgIpc) is 3.10. The molecule has 22 heavy (non-hydrogen) atoms. The highest BCUT2D eigenvalue weighted by Gasteiger charge is 2.46. The first-order valence-electron chi connectivity index (χ1n) is 7.17. The Hall–Kier alpha value is -2.56. The number of carbonyl (C=O) groups is 2. The highest BCUT2D eigenvalue weighted by atomic mass is 16.7. The molecule has 1 aliphatic carbocycles. The number of carbonyl (C=O) groups excluding carboxylic acids is 2. The third-order valence-electron chi connectivity index (χ3n) is 4.30. The molecule has 0 spiro atoms. The van der Waals surface area contributed by atoms with Gasteiger partial charge in [-0.05, 0) is 24.5 Å². The summed E-state index contributed by atoms with van der Waals surface area (Å²) in [5.41, 5.74) is 3.25. The van der Waals surface area contributed by atoms with Gasteiger partial charge in [-0.1, -0.05) is 24.3 Å². The molecule has 0 bridgehead atoms. The number of rotatable bonds is 2. The van der Waals surface area contributed by atoms with Gasteiger partial charge in [0, 0.05) is 17.6 Å². The lowest BCUT2D eigenvalue weighted by molar-refractivity contribution is -0.152. The number of cyclic esters (lactones) is 1. The van der Waals surface area contributed by atoms with Crippen molar-refractivity contribution in [2.45, 2.75) is 25.7 Å². The molecule has 3 aliphatic rings. The van der Waals surface area contributed by atoms with Crippen LogP contribution in [0.4, 0.5) is 0 Å². The Balaban J connectivity index is 1.55. The summed E-state index contributed by atoms with van der Waals surface area (Å²) in [5, 5.41) is 0. The van der Waals surface area contributed by atoms with E-state index in [0.29, 0.717) is 11.1 Å². The first-order chi connectivity index (χ1) is 10.6. The first kappa shape index (κ1) is 13.1. The molecule has 2 heterocycles. The number of fused-ring (bicyclic) bond motifs is 3. The number of hydrogen-bond acceptors (Lipinski definition) is 5. The Kier molecular flexibility index (Phi) is 2.82. The molecular weight excluding hydrogens is 284 g/mol. The van der Waals surface area contributed by atoms with Crippen LogP contribution in [0, 0.1) is 5.92 Å². The lowest BCUT2D eigenvalue weighted by atomic mass is 9.98. The van der Waals surface area contributed by atoms with E-state index in [1.54, 1.807) is 13.0 Å². The Labute approximate surface area is 127 Å². The molecule has 112 valence electrons. The van der Waals surface area contributed by atoms with E-state index >= 15 is 0 Å². The van der Waals surface area contributed by atoms with Crippen LogP contribution in [0.3, 0.4) is 0 Å². The van der Waals surface area contributed by atoms with Crippen LogP contribution in [-0.2, 0) is 30.2 Å². The minimum absolute atomic E-state index is 0.0351. The van der Waals surface area contributed by atoms with Crippen LogP contribution in [0.1, 0.15) is 24.2 Å². The molecular formula is C17H14O5. The molecule has 0 saturated carbocycles. The zero-order chi connectivity index (χ0) is 15.3. The average molecular weight is 298 g/mol. The summed E-state index contributed by atoms with van der Waals surface area (Å²) in [5.74, 6) is -0.801. The van der Waals surface area contributed by atoms with Crippen LogP contribution in [0.5, 0.6) is 0 Å². The predicted molar refractivity (Wildman–Crippen MR) is 75.3 cm³/mol. The van der Waals surface area contributed by atoms with Crippen LogP contribution in [-0.4, -0.2) is 18.2 Å². The Morgan fingerprint density at radius 2 is 2.00 bits per heavy atom. The van der Waals surface area contributed by atoms with Crippen LogP contribution >= 0.6 is 0 Å². The summed E-state index contributed by atoms with van der Waals surface area (Å²) in [7, 11) is 0. The molecule has 4 rings (SSSR count). The van der Waals surface area contributed by atoms with E-state index < -0.39 is 12.3 Å². The molecule has 0 aromatic heterocycles. The smallest absolute Gasteiger partial charge is 0.338 e. The van der Waals surface area contributed by atoms with E-state index in [1.165, 1.54) is 11.8 Å². The minimum Gasteiger partial charge on any atom is -0.458 e. The maximum atomic E-state index is 12.0. The van der Waals surface area contributed by atoms with Crippen LogP contribution in [0.2, 0.25) is 0 Å². The number of ether oxygens (including phenoxy) is 3. The van der Waals surface area contributed by atoms with Crippen molar-refractivity contribution in [3.05, 3.63) is 58.9 Å². The summed E-state index contributed by atoms with van der Waals surface area (Å²) in [4.78, 5) is 23.3. The fraction of sp³-hybridized carbons (Fsp3) is 0.294. The van der Waals surface area contributed by atoms with Crippen LogP contribution < -0.4 is 0 Å². The first-order valence-corrected chi connectivity index (χ1v) is 7.17. The van der Waals surface area contributed by atoms with Gasteiger partial charge in [-0.3, -0.25) is 0 Å². The summed E-state index contributed by atoms with van der Waals surface area (Å²) in [6.45, 7) is 1.66. The highest BCUT2D eigenvalue weighted by molar-refractivity contribution is 5.92. The third kappa shape index (κ3) is 1.93. The standard InChI is InChI=1S/C17H14O5/c1-9-6-14(21-16(9)18)20-8-13-12-7-10-4-2-3-5-11(10)15(12)22-17(13)19/h2-6,8,12,14-15H,7H2,1H3/b13-8+/t12-,14+,15-/m0/s1. The number of esters is 2. The van der Waals surface area contributed by atoms with Gasteiger partial charge in [-0.15, -0.1) is 0 Å². The van der Waals surface area contributed by atoms with Gasteiger partial charge >= 0.3 is 11.9 Å². The molecule has 3 atom stereocenters. The maximum absolute atomic E-state index is 12.0. The molecule has 1 aromatic rings. The lowest BCUT2D eigenvalue weighted by Crippen LogP contribution is -2.11. The van der Waals surface area contributed by atoms with Crippen molar-refractivity contribution in [1.82, 2.24) is 0 Å². The van der Waals surface area contributed by atoms with Gasteiger partial charge in [-0.25, -0.2) is 9.59 Å². The Morgan fingerprint density at radius 3 is 2.77 bits per heavy atom. The number of hydrogen-bond donors (Lipinski definition) is 0. The van der Waals surface area contributed by atoms with Gasteiger partial charge in [0.15, 0.2) is 0 Å². The Bertz CT molecular complexity index is 730. The molecule has 2 aliphatic heterocycles.